The zero-order valence-corrected chi connectivity index (χ0v) is 19.3. The summed E-state index contributed by atoms with van der Waals surface area (Å²) in [5.74, 6) is 2.09. The molecule has 2 aliphatic rings. The van der Waals surface area contributed by atoms with Crippen LogP contribution < -0.4 is 9.62 Å². The Hall–Kier alpha value is -1.90. The SMILES string of the molecule is Cn1ccc(N2CC[C@H](NS(C)(=O)=O)C(OCC3CCC(c4ccccc4)CC3)C2)n1. The predicted octanol–water partition coefficient (Wildman–Crippen LogP) is 2.91. The first-order chi connectivity index (χ1) is 14.9. The van der Waals surface area contributed by atoms with Crippen molar-refractivity contribution in [3.8, 4) is 0 Å². The lowest BCUT2D eigenvalue weighted by atomic mass is 9.79. The number of rotatable bonds is 7. The van der Waals surface area contributed by atoms with Gasteiger partial charge in [-0.1, -0.05) is 30.3 Å². The smallest absolute Gasteiger partial charge is 0.209 e. The van der Waals surface area contributed by atoms with Crippen LogP contribution in [0.1, 0.15) is 43.6 Å². The van der Waals surface area contributed by atoms with Crippen LogP contribution in [0.3, 0.4) is 0 Å². The van der Waals surface area contributed by atoms with Gasteiger partial charge in [0.2, 0.25) is 10.0 Å². The number of piperidine rings is 1. The van der Waals surface area contributed by atoms with Gasteiger partial charge in [-0.2, -0.15) is 5.10 Å². The van der Waals surface area contributed by atoms with Crippen molar-refractivity contribution in [1.82, 2.24) is 14.5 Å². The van der Waals surface area contributed by atoms with Crippen LogP contribution in [0, 0.1) is 5.92 Å². The predicted molar refractivity (Wildman–Crippen MR) is 123 cm³/mol. The number of ether oxygens (including phenoxy) is 1. The summed E-state index contributed by atoms with van der Waals surface area (Å²) in [6, 6.07) is 12.6. The van der Waals surface area contributed by atoms with Crippen LogP contribution in [0.15, 0.2) is 42.6 Å². The number of nitrogens with zero attached hydrogens (tertiary/aromatic N) is 3. The number of anilines is 1. The summed E-state index contributed by atoms with van der Waals surface area (Å²) >= 11 is 0. The molecule has 1 aliphatic carbocycles. The number of aromatic nitrogens is 2. The van der Waals surface area contributed by atoms with E-state index in [9.17, 15) is 8.42 Å². The molecule has 1 aliphatic heterocycles. The van der Waals surface area contributed by atoms with Crippen molar-refractivity contribution in [3.63, 3.8) is 0 Å². The average molecular weight is 447 g/mol. The third kappa shape index (κ3) is 6.08. The number of aryl methyl sites for hydroxylation is 1. The quantitative estimate of drug-likeness (QED) is 0.708. The van der Waals surface area contributed by atoms with Gasteiger partial charge in [0.15, 0.2) is 5.82 Å². The third-order valence-electron chi connectivity index (χ3n) is 6.61. The molecule has 2 fully saturated rings. The molecule has 7 nitrogen and oxygen atoms in total. The molecule has 0 spiro atoms. The van der Waals surface area contributed by atoms with E-state index in [2.05, 4.69) is 45.1 Å². The number of benzene rings is 1. The number of hydrogen-bond donors (Lipinski definition) is 1. The average Bonchev–Trinajstić information content (AvgIpc) is 3.19. The lowest BCUT2D eigenvalue weighted by Crippen LogP contribution is -2.55. The van der Waals surface area contributed by atoms with Crippen LogP contribution >= 0.6 is 0 Å². The summed E-state index contributed by atoms with van der Waals surface area (Å²) in [6.07, 6.45) is 8.35. The standard InChI is InChI=1S/C23H34N4O3S/c1-26-14-13-23(24-26)27-15-12-21(25-31(2,28)29)22(16-27)30-17-18-8-10-20(11-9-18)19-6-4-3-5-7-19/h3-7,13-14,18,20-22,25H,8-12,15-17H2,1-2H3/t18?,20?,21-,22?/m0/s1. The number of nitrogens with one attached hydrogen (secondary N) is 1. The van der Waals surface area contributed by atoms with Gasteiger partial charge in [-0.3, -0.25) is 4.68 Å². The molecule has 0 radical (unpaired) electrons. The minimum absolute atomic E-state index is 0.183. The molecule has 2 aromatic rings. The Morgan fingerprint density at radius 1 is 1.10 bits per heavy atom. The second-order valence-electron chi connectivity index (χ2n) is 9.08. The fraction of sp³-hybridized carbons (Fsp3) is 0.609. The van der Waals surface area contributed by atoms with E-state index >= 15 is 0 Å². The van der Waals surface area contributed by atoms with Crippen molar-refractivity contribution in [2.75, 3.05) is 30.9 Å². The van der Waals surface area contributed by atoms with Gasteiger partial charge in [0.05, 0.1) is 18.4 Å². The zero-order chi connectivity index (χ0) is 21.8. The van der Waals surface area contributed by atoms with Gasteiger partial charge in [0.25, 0.3) is 0 Å². The molecule has 1 saturated carbocycles. The largest absolute Gasteiger partial charge is 0.374 e. The van der Waals surface area contributed by atoms with Crippen molar-refractivity contribution in [2.45, 2.75) is 50.2 Å². The molecule has 1 aromatic carbocycles. The van der Waals surface area contributed by atoms with Crippen LogP contribution in [-0.4, -0.2) is 56.3 Å². The van der Waals surface area contributed by atoms with Crippen molar-refractivity contribution < 1.29 is 13.2 Å². The second-order valence-corrected chi connectivity index (χ2v) is 10.9. The molecule has 2 heterocycles. The zero-order valence-electron chi connectivity index (χ0n) is 18.5. The van der Waals surface area contributed by atoms with Crippen LogP contribution in [0.2, 0.25) is 0 Å². The first-order valence-corrected chi connectivity index (χ1v) is 13.1. The van der Waals surface area contributed by atoms with E-state index < -0.39 is 10.0 Å². The highest BCUT2D eigenvalue weighted by Crippen LogP contribution is 2.36. The summed E-state index contributed by atoms with van der Waals surface area (Å²) < 4.78 is 34.7. The molecule has 0 amide bonds. The molecule has 1 unspecified atom stereocenters. The molecular weight excluding hydrogens is 412 g/mol. The Morgan fingerprint density at radius 2 is 1.84 bits per heavy atom. The van der Waals surface area contributed by atoms with E-state index in [4.69, 9.17) is 4.74 Å². The maximum atomic E-state index is 11.9. The van der Waals surface area contributed by atoms with Gasteiger partial charge in [-0.05, 0) is 49.5 Å². The highest BCUT2D eigenvalue weighted by Gasteiger charge is 2.33. The maximum absolute atomic E-state index is 11.9. The third-order valence-corrected chi connectivity index (χ3v) is 7.34. The second kappa shape index (κ2) is 9.71. The molecule has 170 valence electrons. The molecule has 8 heteroatoms. The first-order valence-electron chi connectivity index (χ1n) is 11.3. The highest BCUT2D eigenvalue weighted by atomic mass is 32.2. The maximum Gasteiger partial charge on any atom is 0.209 e. The molecule has 0 bridgehead atoms. The van der Waals surface area contributed by atoms with Gasteiger partial charge in [-0.15, -0.1) is 0 Å². The fourth-order valence-corrected chi connectivity index (χ4v) is 5.74. The van der Waals surface area contributed by atoms with E-state index in [1.807, 2.05) is 19.3 Å². The lowest BCUT2D eigenvalue weighted by Gasteiger charge is -2.39. The number of sulfonamides is 1. The van der Waals surface area contributed by atoms with Gasteiger partial charge < -0.3 is 9.64 Å². The fourth-order valence-electron chi connectivity index (χ4n) is 4.92. The van der Waals surface area contributed by atoms with Crippen LogP contribution in [0.5, 0.6) is 0 Å². The van der Waals surface area contributed by atoms with E-state index in [1.165, 1.54) is 24.7 Å². The van der Waals surface area contributed by atoms with Gasteiger partial charge in [0, 0.05) is 39.0 Å². The first kappa shape index (κ1) is 22.3. The highest BCUT2D eigenvalue weighted by molar-refractivity contribution is 7.88. The topological polar surface area (TPSA) is 76.5 Å². The van der Waals surface area contributed by atoms with Crippen molar-refractivity contribution in [1.29, 1.82) is 0 Å². The van der Waals surface area contributed by atoms with E-state index in [0.717, 1.165) is 25.2 Å². The summed E-state index contributed by atoms with van der Waals surface area (Å²) in [6.45, 7) is 2.08. The molecule has 1 saturated heterocycles. The lowest BCUT2D eigenvalue weighted by molar-refractivity contribution is -0.00129. The molecular formula is C23H34N4O3S. The van der Waals surface area contributed by atoms with Crippen molar-refractivity contribution in [3.05, 3.63) is 48.2 Å². The summed E-state index contributed by atoms with van der Waals surface area (Å²) in [5.41, 5.74) is 1.44. The minimum Gasteiger partial charge on any atom is -0.374 e. The molecule has 1 N–H and O–H groups in total. The van der Waals surface area contributed by atoms with Crippen molar-refractivity contribution >= 4 is 15.8 Å². The minimum atomic E-state index is -3.28. The molecule has 2 atom stereocenters. The summed E-state index contributed by atoms with van der Waals surface area (Å²) in [5, 5.41) is 4.50. The Kier molecular flexibility index (Phi) is 6.99. The van der Waals surface area contributed by atoms with Gasteiger partial charge in [0.1, 0.15) is 0 Å². The van der Waals surface area contributed by atoms with Gasteiger partial charge >= 0.3 is 0 Å². The summed E-state index contributed by atoms with van der Waals surface area (Å²) in [7, 11) is -1.38. The van der Waals surface area contributed by atoms with E-state index in [-0.39, 0.29) is 12.1 Å². The summed E-state index contributed by atoms with van der Waals surface area (Å²) in [4.78, 5) is 2.19. The number of hydrogen-bond acceptors (Lipinski definition) is 5. The Labute approximate surface area is 185 Å². The van der Waals surface area contributed by atoms with Crippen LogP contribution in [0.25, 0.3) is 0 Å². The van der Waals surface area contributed by atoms with Gasteiger partial charge in [-0.25, -0.2) is 13.1 Å². The normalized spacial score (nSPS) is 27.4. The van der Waals surface area contributed by atoms with Crippen molar-refractivity contribution in [2.24, 2.45) is 13.0 Å². The molecule has 31 heavy (non-hydrogen) atoms. The molecule has 1 aromatic heterocycles. The van der Waals surface area contributed by atoms with Crippen LogP contribution in [-0.2, 0) is 21.8 Å². The Balaban J connectivity index is 1.34. The Morgan fingerprint density at radius 3 is 2.48 bits per heavy atom. The molecule has 4 rings (SSSR count). The monoisotopic (exact) mass is 446 g/mol. The van der Waals surface area contributed by atoms with E-state index in [0.29, 0.717) is 31.4 Å². The van der Waals surface area contributed by atoms with E-state index in [1.54, 1.807) is 4.68 Å². The van der Waals surface area contributed by atoms with Crippen LogP contribution in [0.4, 0.5) is 5.82 Å². The Bertz CT molecular complexity index is 939.